The molecule has 0 saturated heterocycles. The number of rotatable bonds is 11. The van der Waals surface area contributed by atoms with Gasteiger partial charge in [-0.1, -0.05) is 37.3 Å². The third-order valence-corrected chi connectivity index (χ3v) is 5.51. The maximum atomic E-state index is 12.5. The number of nitrogens with zero attached hydrogens (tertiary/aromatic N) is 2. The maximum absolute atomic E-state index is 12.5. The van der Waals surface area contributed by atoms with Crippen molar-refractivity contribution in [3.8, 4) is 0 Å². The van der Waals surface area contributed by atoms with Crippen LogP contribution in [0.25, 0.3) is 0 Å². The Kier molecular flexibility index (Phi) is 7.59. The molecule has 2 aromatic rings. The van der Waals surface area contributed by atoms with Crippen LogP contribution < -0.4 is 11.1 Å². The highest BCUT2D eigenvalue weighted by atomic mass is 32.2. The molecular weight excluding hydrogens is 400 g/mol. The van der Waals surface area contributed by atoms with Crippen molar-refractivity contribution in [2.75, 3.05) is 5.75 Å². The highest BCUT2D eigenvalue weighted by Crippen LogP contribution is 2.09. The lowest BCUT2D eigenvalue weighted by molar-refractivity contribution is -0.122. The third-order valence-electron chi connectivity index (χ3n) is 3.91. The first-order chi connectivity index (χ1) is 13.7. The number of aromatic nitrogens is 2. The van der Waals surface area contributed by atoms with Crippen LogP contribution in [0.15, 0.2) is 34.7 Å². The van der Waals surface area contributed by atoms with E-state index in [9.17, 15) is 22.8 Å². The van der Waals surface area contributed by atoms with E-state index in [0.29, 0.717) is 12.0 Å². The molecule has 10 nitrogen and oxygen atoms in total. The van der Waals surface area contributed by atoms with Crippen LogP contribution in [-0.4, -0.2) is 48.0 Å². The largest absolute Gasteiger partial charge is 0.418 e. The lowest BCUT2D eigenvalue weighted by Gasteiger charge is -2.14. The summed E-state index contributed by atoms with van der Waals surface area (Å²) in [6.45, 7) is 1.75. The molecule has 0 spiro atoms. The summed E-state index contributed by atoms with van der Waals surface area (Å²) in [6, 6.07) is 7.24. The predicted octanol–water partition coefficient (Wildman–Crippen LogP) is 0.180. The molecule has 0 fully saturated rings. The Morgan fingerprint density at radius 1 is 1.17 bits per heavy atom. The fraction of sp³-hybridized carbons (Fsp3) is 0.389. The number of Topliss-reactive ketones (excluding diaryl/α,β-unsaturated/α-hetero) is 1. The molecule has 156 valence electrons. The molecule has 0 bridgehead atoms. The van der Waals surface area contributed by atoms with Crippen molar-refractivity contribution in [1.29, 1.82) is 0 Å². The van der Waals surface area contributed by atoms with Crippen LogP contribution >= 0.6 is 0 Å². The molecule has 0 saturated carbocycles. The number of nitrogens with two attached hydrogens (primary N) is 1. The van der Waals surface area contributed by atoms with Crippen molar-refractivity contribution in [2.45, 2.75) is 38.0 Å². The zero-order valence-electron chi connectivity index (χ0n) is 15.8. The van der Waals surface area contributed by atoms with Gasteiger partial charge in [0, 0.05) is 12.8 Å². The summed E-state index contributed by atoms with van der Waals surface area (Å²) in [5, 5.41) is 9.58. The molecule has 0 aliphatic rings. The van der Waals surface area contributed by atoms with Crippen LogP contribution in [0.5, 0.6) is 0 Å². The van der Waals surface area contributed by atoms with Gasteiger partial charge in [-0.2, -0.15) is 0 Å². The smallest absolute Gasteiger partial charge is 0.286 e. The highest BCUT2D eigenvalue weighted by molar-refractivity contribution is 7.90. The molecule has 0 radical (unpaired) electrons. The van der Waals surface area contributed by atoms with Crippen LogP contribution in [0, 0.1) is 0 Å². The van der Waals surface area contributed by atoms with Crippen molar-refractivity contribution >= 4 is 27.4 Å². The number of sulfone groups is 1. The molecule has 1 aromatic heterocycles. The van der Waals surface area contributed by atoms with E-state index in [4.69, 9.17) is 10.2 Å². The Morgan fingerprint density at radius 2 is 1.86 bits per heavy atom. The van der Waals surface area contributed by atoms with Crippen LogP contribution in [0.2, 0.25) is 0 Å². The number of aryl methyl sites for hydroxylation is 1. The summed E-state index contributed by atoms with van der Waals surface area (Å²) >= 11 is 0. The van der Waals surface area contributed by atoms with Gasteiger partial charge >= 0.3 is 0 Å². The molecule has 11 heteroatoms. The van der Waals surface area contributed by atoms with E-state index >= 15 is 0 Å². The van der Waals surface area contributed by atoms with Crippen molar-refractivity contribution in [2.24, 2.45) is 5.73 Å². The molecule has 29 heavy (non-hydrogen) atoms. The van der Waals surface area contributed by atoms with E-state index in [2.05, 4.69) is 15.5 Å². The average Bonchev–Trinajstić information content (AvgIpc) is 3.15. The molecule has 2 rings (SSSR count). The molecule has 1 heterocycles. The van der Waals surface area contributed by atoms with Gasteiger partial charge in [-0.25, -0.2) is 8.42 Å². The number of hydrogen-bond acceptors (Lipinski definition) is 8. The maximum Gasteiger partial charge on any atom is 0.286 e. The van der Waals surface area contributed by atoms with Crippen LogP contribution in [0.1, 0.15) is 41.9 Å². The Labute approximate surface area is 167 Å². The molecule has 0 aliphatic heterocycles. The Balaban J connectivity index is 1.98. The normalized spacial score (nSPS) is 12.3. The van der Waals surface area contributed by atoms with E-state index in [1.165, 1.54) is 0 Å². The topological polar surface area (TPSA) is 162 Å². The van der Waals surface area contributed by atoms with Gasteiger partial charge in [0.05, 0.1) is 17.9 Å². The Morgan fingerprint density at radius 3 is 2.45 bits per heavy atom. The summed E-state index contributed by atoms with van der Waals surface area (Å²) in [6.07, 6.45) is -0.445. The average molecular weight is 422 g/mol. The number of ketones is 1. The monoisotopic (exact) mass is 422 g/mol. The summed E-state index contributed by atoms with van der Waals surface area (Å²) in [5.74, 6) is -3.05. The first-order valence-corrected chi connectivity index (χ1v) is 10.7. The summed E-state index contributed by atoms with van der Waals surface area (Å²) in [5.41, 5.74) is 5.75. The minimum Gasteiger partial charge on any atom is -0.418 e. The number of benzene rings is 1. The number of nitrogens with one attached hydrogen (secondary N) is 1. The molecule has 1 atom stereocenters. The summed E-state index contributed by atoms with van der Waals surface area (Å²) < 4.78 is 29.6. The van der Waals surface area contributed by atoms with Gasteiger partial charge in [-0.05, 0) is 5.56 Å². The number of carbonyl (C=O) groups is 3. The van der Waals surface area contributed by atoms with E-state index < -0.39 is 45.7 Å². The SMILES string of the molecule is CCc1nnc(C(=O)C(CC(N)=O)NC(=O)CCS(=O)(=O)Cc2ccccc2)o1. The first-order valence-electron chi connectivity index (χ1n) is 8.88. The molecule has 2 amide bonds. The fourth-order valence-corrected chi connectivity index (χ4v) is 3.81. The lowest BCUT2D eigenvalue weighted by Crippen LogP contribution is -2.44. The van der Waals surface area contributed by atoms with Crippen molar-refractivity contribution in [3.05, 3.63) is 47.7 Å². The molecule has 0 aliphatic carbocycles. The minimum absolute atomic E-state index is 0.202. The van der Waals surface area contributed by atoms with Gasteiger partial charge in [0.15, 0.2) is 9.84 Å². The number of hydrogen-bond donors (Lipinski definition) is 2. The second-order valence-electron chi connectivity index (χ2n) is 6.34. The van der Waals surface area contributed by atoms with Gasteiger partial charge < -0.3 is 15.5 Å². The highest BCUT2D eigenvalue weighted by Gasteiger charge is 2.28. The number of amides is 2. The zero-order chi connectivity index (χ0) is 21.4. The molecule has 1 aromatic carbocycles. The fourth-order valence-electron chi connectivity index (χ4n) is 2.47. The molecular formula is C18H22N4O6S. The van der Waals surface area contributed by atoms with Crippen molar-refractivity contribution in [1.82, 2.24) is 15.5 Å². The van der Waals surface area contributed by atoms with Gasteiger partial charge in [0.1, 0.15) is 6.04 Å². The molecule has 3 N–H and O–H groups in total. The Bertz CT molecular complexity index is 971. The summed E-state index contributed by atoms with van der Waals surface area (Å²) in [7, 11) is -3.54. The quantitative estimate of drug-likeness (QED) is 0.484. The van der Waals surface area contributed by atoms with E-state index in [-0.39, 0.29) is 24.0 Å². The van der Waals surface area contributed by atoms with Crippen LogP contribution in [-0.2, 0) is 31.6 Å². The second kappa shape index (κ2) is 9.92. The van der Waals surface area contributed by atoms with E-state index in [1.807, 2.05) is 0 Å². The van der Waals surface area contributed by atoms with Gasteiger partial charge in [-0.3, -0.25) is 14.4 Å². The number of carbonyl (C=O) groups excluding carboxylic acids is 3. The van der Waals surface area contributed by atoms with Crippen LogP contribution in [0.3, 0.4) is 0 Å². The second-order valence-corrected chi connectivity index (χ2v) is 8.52. The van der Waals surface area contributed by atoms with Crippen LogP contribution in [0.4, 0.5) is 0 Å². The minimum atomic E-state index is -3.54. The lowest BCUT2D eigenvalue weighted by atomic mass is 10.1. The first kappa shape index (κ1) is 22.2. The van der Waals surface area contributed by atoms with E-state index in [0.717, 1.165) is 0 Å². The van der Waals surface area contributed by atoms with Crippen molar-refractivity contribution in [3.63, 3.8) is 0 Å². The van der Waals surface area contributed by atoms with E-state index in [1.54, 1.807) is 37.3 Å². The summed E-state index contributed by atoms with van der Waals surface area (Å²) in [4.78, 5) is 35.9. The Hall–Kier alpha value is -3.08. The molecule has 1 unspecified atom stereocenters. The van der Waals surface area contributed by atoms with Gasteiger partial charge in [0.25, 0.3) is 5.89 Å². The zero-order valence-corrected chi connectivity index (χ0v) is 16.6. The standard InChI is InChI=1S/C18H22N4O6S/c1-2-16-21-22-18(28-16)17(25)13(10-14(19)23)20-15(24)8-9-29(26,27)11-12-6-4-3-5-7-12/h3-7,13H,2,8-11H2,1H3,(H2,19,23)(H,20,24). The number of primary amides is 1. The van der Waals surface area contributed by atoms with Gasteiger partial charge in [0.2, 0.25) is 23.5 Å². The third kappa shape index (κ3) is 7.11. The predicted molar refractivity (Wildman–Crippen MR) is 102 cm³/mol. The van der Waals surface area contributed by atoms with Crippen molar-refractivity contribution < 1.29 is 27.2 Å². The van der Waals surface area contributed by atoms with Gasteiger partial charge in [-0.15, -0.1) is 10.2 Å².